The van der Waals surface area contributed by atoms with Crippen LogP contribution in [-0.4, -0.2) is 54.3 Å². The van der Waals surface area contributed by atoms with Crippen molar-refractivity contribution >= 4 is 23.3 Å². The second-order valence-electron chi connectivity index (χ2n) is 8.22. The molecule has 7 heteroatoms. The third kappa shape index (κ3) is 3.50. The number of para-hydroxylation sites is 3. The number of nitrogens with zero attached hydrogens (tertiary/aromatic N) is 2. The molecule has 33 heavy (non-hydrogen) atoms. The van der Waals surface area contributed by atoms with Gasteiger partial charge >= 0.3 is 6.03 Å². The maximum Gasteiger partial charge on any atom is 0.326 e. The first-order chi connectivity index (χ1) is 16.1. The quantitative estimate of drug-likeness (QED) is 0.644. The van der Waals surface area contributed by atoms with Crippen LogP contribution in [-0.2, 0) is 0 Å². The first kappa shape index (κ1) is 21.0. The summed E-state index contributed by atoms with van der Waals surface area (Å²) in [7, 11) is 1.56. The standard InChI is InChI=1S/C26H25N3O4/c1-33-23-14-8-6-12-19(23)27-26(32)28-15-21-24(18-11-5-7-13-20(18)28)22(16-30)29(21)25(31)17-9-3-2-4-10-17/h2-14,21-22,24,30H,15-16H2,1H3,(H,27,32)/t21-,22+,24+/m1/s1. The van der Waals surface area contributed by atoms with Gasteiger partial charge in [-0.1, -0.05) is 48.5 Å². The van der Waals surface area contributed by atoms with Crippen LogP contribution >= 0.6 is 0 Å². The Morgan fingerprint density at radius 1 is 1.00 bits per heavy atom. The minimum atomic E-state index is -0.330. The molecule has 3 aromatic rings. The zero-order chi connectivity index (χ0) is 22.9. The molecular formula is C26H25N3O4. The Kier molecular flexibility index (Phi) is 5.48. The van der Waals surface area contributed by atoms with Gasteiger partial charge in [0.1, 0.15) is 5.75 Å². The molecule has 1 fully saturated rings. The lowest BCUT2D eigenvalue weighted by Gasteiger charge is -2.58. The van der Waals surface area contributed by atoms with Gasteiger partial charge in [0, 0.05) is 23.7 Å². The molecule has 2 aliphatic rings. The van der Waals surface area contributed by atoms with Gasteiger partial charge in [-0.05, 0) is 35.9 Å². The zero-order valence-electron chi connectivity index (χ0n) is 18.2. The molecule has 0 saturated carbocycles. The highest BCUT2D eigenvalue weighted by molar-refractivity contribution is 6.04. The zero-order valence-corrected chi connectivity index (χ0v) is 18.2. The highest BCUT2D eigenvalue weighted by Crippen LogP contribution is 2.48. The Morgan fingerprint density at radius 2 is 1.70 bits per heavy atom. The first-order valence-corrected chi connectivity index (χ1v) is 10.9. The SMILES string of the molecule is COc1ccccc1NC(=O)N1C[C@@H]2[C@H](c3ccccc31)[C@H](CO)N2C(=O)c1ccccc1. The number of fused-ring (bicyclic) bond motifs is 3. The van der Waals surface area contributed by atoms with Crippen LogP contribution < -0.4 is 15.0 Å². The van der Waals surface area contributed by atoms with Gasteiger partial charge in [-0.25, -0.2) is 4.79 Å². The van der Waals surface area contributed by atoms with Crippen molar-refractivity contribution < 1.29 is 19.4 Å². The fraction of sp³-hybridized carbons (Fsp3) is 0.231. The van der Waals surface area contributed by atoms with E-state index in [0.29, 0.717) is 23.5 Å². The number of rotatable bonds is 4. The second-order valence-corrected chi connectivity index (χ2v) is 8.22. The highest BCUT2D eigenvalue weighted by Gasteiger charge is 2.55. The minimum absolute atomic E-state index is 0.0332. The number of hydrogen-bond acceptors (Lipinski definition) is 4. The van der Waals surface area contributed by atoms with Gasteiger partial charge < -0.3 is 20.1 Å². The molecule has 2 heterocycles. The normalized spacial score (nSPS) is 20.8. The lowest BCUT2D eigenvalue weighted by Crippen LogP contribution is -2.71. The molecule has 5 rings (SSSR count). The molecule has 0 bridgehead atoms. The van der Waals surface area contributed by atoms with E-state index in [1.807, 2.05) is 54.6 Å². The number of hydrogen-bond donors (Lipinski definition) is 2. The predicted molar refractivity (Wildman–Crippen MR) is 126 cm³/mol. The Hall–Kier alpha value is -3.84. The molecular weight excluding hydrogens is 418 g/mol. The fourth-order valence-corrected chi connectivity index (χ4v) is 5.02. The molecule has 2 N–H and O–H groups in total. The number of carbonyl (C=O) groups is 2. The van der Waals surface area contributed by atoms with Crippen LogP contribution in [0.25, 0.3) is 0 Å². The summed E-state index contributed by atoms with van der Waals surface area (Å²) < 4.78 is 5.36. The van der Waals surface area contributed by atoms with Gasteiger partial charge in [0.05, 0.1) is 31.5 Å². The predicted octanol–water partition coefficient (Wildman–Crippen LogP) is 3.72. The number of aliphatic hydroxyl groups is 1. The monoisotopic (exact) mass is 443 g/mol. The number of methoxy groups -OCH3 is 1. The molecule has 7 nitrogen and oxygen atoms in total. The highest BCUT2D eigenvalue weighted by atomic mass is 16.5. The summed E-state index contributed by atoms with van der Waals surface area (Å²) >= 11 is 0. The van der Waals surface area contributed by atoms with Crippen molar-refractivity contribution in [1.82, 2.24) is 4.90 Å². The number of amides is 3. The van der Waals surface area contributed by atoms with Crippen LogP contribution in [0.4, 0.5) is 16.2 Å². The third-order valence-electron chi connectivity index (χ3n) is 6.54. The Labute approximate surface area is 192 Å². The number of aliphatic hydroxyl groups excluding tert-OH is 1. The number of ether oxygens (including phenoxy) is 1. The van der Waals surface area contributed by atoms with E-state index in [9.17, 15) is 14.7 Å². The minimum Gasteiger partial charge on any atom is -0.495 e. The second kappa shape index (κ2) is 8.60. The average molecular weight is 444 g/mol. The molecule has 1 saturated heterocycles. The Bertz CT molecular complexity index is 1180. The van der Waals surface area contributed by atoms with Crippen molar-refractivity contribution in [1.29, 1.82) is 0 Å². The van der Waals surface area contributed by atoms with Crippen molar-refractivity contribution in [2.45, 2.75) is 18.0 Å². The number of urea groups is 1. The van der Waals surface area contributed by atoms with E-state index in [4.69, 9.17) is 4.74 Å². The summed E-state index contributed by atoms with van der Waals surface area (Å²) in [5.74, 6) is 0.397. The van der Waals surface area contributed by atoms with E-state index < -0.39 is 0 Å². The first-order valence-electron chi connectivity index (χ1n) is 10.9. The molecule has 168 valence electrons. The van der Waals surface area contributed by atoms with Crippen molar-refractivity contribution in [2.24, 2.45) is 0 Å². The van der Waals surface area contributed by atoms with E-state index in [1.54, 1.807) is 41.2 Å². The van der Waals surface area contributed by atoms with Crippen molar-refractivity contribution in [3.63, 3.8) is 0 Å². The van der Waals surface area contributed by atoms with Crippen LogP contribution in [0.3, 0.4) is 0 Å². The number of likely N-dealkylation sites (tertiary alicyclic amines) is 1. The van der Waals surface area contributed by atoms with Crippen molar-refractivity contribution in [3.8, 4) is 5.75 Å². The fourth-order valence-electron chi connectivity index (χ4n) is 5.02. The van der Waals surface area contributed by atoms with E-state index in [0.717, 1.165) is 11.3 Å². The Balaban J connectivity index is 1.48. The maximum atomic E-state index is 13.4. The van der Waals surface area contributed by atoms with Crippen molar-refractivity contribution in [3.05, 3.63) is 90.0 Å². The van der Waals surface area contributed by atoms with Crippen LogP contribution in [0.1, 0.15) is 21.8 Å². The molecule has 2 aliphatic heterocycles. The van der Waals surface area contributed by atoms with Crippen LogP contribution in [0.15, 0.2) is 78.9 Å². The van der Waals surface area contributed by atoms with Crippen LogP contribution in [0, 0.1) is 0 Å². The number of nitrogens with one attached hydrogen (secondary N) is 1. The molecule has 0 radical (unpaired) electrons. The summed E-state index contributed by atoms with van der Waals surface area (Å²) in [6.07, 6.45) is 0. The van der Waals surface area contributed by atoms with Gasteiger partial charge in [-0.2, -0.15) is 0 Å². The van der Waals surface area contributed by atoms with Crippen molar-refractivity contribution in [2.75, 3.05) is 30.5 Å². The molecule has 0 aliphatic carbocycles. The van der Waals surface area contributed by atoms with Crippen LogP contribution in [0.5, 0.6) is 5.75 Å². The lowest BCUT2D eigenvalue weighted by molar-refractivity contribution is -0.0241. The summed E-state index contributed by atoms with van der Waals surface area (Å²) in [5.41, 5.74) is 2.89. The molecule has 0 unspecified atom stereocenters. The van der Waals surface area contributed by atoms with E-state index in [-0.39, 0.29) is 36.5 Å². The lowest BCUT2D eigenvalue weighted by atomic mass is 9.71. The average Bonchev–Trinajstić information content (AvgIpc) is 2.85. The summed E-state index contributed by atoms with van der Waals surface area (Å²) in [6, 6.07) is 23.1. The number of anilines is 2. The molecule has 3 atom stereocenters. The largest absolute Gasteiger partial charge is 0.495 e. The molecule has 0 spiro atoms. The maximum absolute atomic E-state index is 13.4. The summed E-state index contributed by atoms with van der Waals surface area (Å²) in [6.45, 7) is 0.194. The van der Waals surface area contributed by atoms with Gasteiger partial charge in [-0.15, -0.1) is 0 Å². The van der Waals surface area contributed by atoms with E-state index in [2.05, 4.69) is 5.32 Å². The Morgan fingerprint density at radius 3 is 2.45 bits per heavy atom. The number of benzene rings is 3. The molecule has 3 aromatic carbocycles. The molecule has 3 amide bonds. The molecule has 0 aromatic heterocycles. The van der Waals surface area contributed by atoms with Gasteiger partial charge in [-0.3, -0.25) is 9.69 Å². The van der Waals surface area contributed by atoms with Gasteiger partial charge in [0.15, 0.2) is 0 Å². The smallest absolute Gasteiger partial charge is 0.326 e. The third-order valence-corrected chi connectivity index (χ3v) is 6.54. The van der Waals surface area contributed by atoms with E-state index >= 15 is 0 Å². The number of carbonyl (C=O) groups excluding carboxylic acids is 2. The summed E-state index contributed by atoms with van der Waals surface area (Å²) in [4.78, 5) is 30.1. The van der Waals surface area contributed by atoms with Gasteiger partial charge in [0.25, 0.3) is 5.91 Å². The van der Waals surface area contributed by atoms with Gasteiger partial charge in [0.2, 0.25) is 0 Å². The van der Waals surface area contributed by atoms with E-state index in [1.165, 1.54) is 0 Å². The summed E-state index contributed by atoms with van der Waals surface area (Å²) in [5, 5.41) is 13.1. The van der Waals surface area contributed by atoms with Crippen LogP contribution in [0.2, 0.25) is 0 Å². The topological polar surface area (TPSA) is 82.1 Å².